The Morgan fingerprint density at radius 3 is 2.60 bits per heavy atom. The van der Waals surface area contributed by atoms with E-state index in [0.717, 1.165) is 23.1 Å². The van der Waals surface area contributed by atoms with Crippen LogP contribution in [0, 0.1) is 6.92 Å². The molecule has 0 aliphatic carbocycles. The molecule has 0 N–H and O–H groups in total. The van der Waals surface area contributed by atoms with Gasteiger partial charge in [0.15, 0.2) is 0 Å². The van der Waals surface area contributed by atoms with E-state index >= 15 is 0 Å². The third-order valence-corrected chi connectivity index (χ3v) is 1.91. The Labute approximate surface area is 65.0 Å². The van der Waals surface area contributed by atoms with Crippen molar-refractivity contribution in [3.8, 4) is 0 Å². The van der Waals surface area contributed by atoms with Gasteiger partial charge in [0, 0.05) is 0 Å². The van der Waals surface area contributed by atoms with Gasteiger partial charge in [0.2, 0.25) is 0 Å². The number of hydrogen-bond donors (Lipinski definition) is 0. The van der Waals surface area contributed by atoms with E-state index in [2.05, 4.69) is 11.9 Å². The van der Waals surface area contributed by atoms with Gasteiger partial charge in [-0.25, -0.2) is 4.98 Å². The molecular weight excluding hydrogens is 146 g/mol. The predicted molar refractivity (Wildman–Crippen MR) is 42.4 cm³/mol. The Hall–Kier alpha value is -0.440. The number of oxazole rings is 1. The summed E-state index contributed by atoms with van der Waals surface area (Å²) < 4.78 is 5.31. The molecule has 0 unspecified atom stereocenters. The van der Waals surface area contributed by atoms with Crippen molar-refractivity contribution < 1.29 is 4.42 Å². The standard InChI is InChI=1S/C7H11NOS/c1-4-6-5(2)9-7(8-6)10-3/h4H2,1-3H3. The number of thioether (sulfide) groups is 1. The van der Waals surface area contributed by atoms with E-state index in [1.165, 1.54) is 0 Å². The molecule has 0 saturated heterocycles. The fourth-order valence-electron chi connectivity index (χ4n) is 0.817. The minimum atomic E-state index is 0.773. The minimum absolute atomic E-state index is 0.773. The van der Waals surface area contributed by atoms with E-state index in [-0.39, 0.29) is 0 Å². The molecule has 3 heteroatoms. The lowest BCUT2D eigenvalue weighted by molar-refractivity contribution is 0.431. The van der Waals surface area contributed by atoms with Crippen molar-refractivity contribution in [1.29, 1.82) is 0 Å². The van der Waals surface area contributed by atoms with Crippen molar-refractivity contribution in [2.45, 2.75) is 25.5 Å². The van der Waals surface area contributed by atoms with Crippen LogP contribution in [0.3, 0.4) is 0 Å². The van der Waals surface area contributed by atoms with Crippen LogP contribution in [0.15, 0.2) is 9.64 Å². The predicted octanol–water partition coefficient (Wildman–Crippen LogP) is 2.27. The fraction of sp³-hybridized carbons (Fsp3) is 0.571. The Balaban J connectivity index is 2.92. The molecule has 56 valence electrons. The van der Waals surface area contributed by atoms with Gasteiger partial charge in [-0.1, -0.05) is 18.7 Å². The van der Waals surface area contributed by atoms with E-state index in [1.807, 2.05) is 13.2 Å². The van der Waals surface area contributed by atoms with Gasteiger partial charge >= 0.3 is 0 Å². The Kier molecular flexibility index (Phi) is 2.38. The number of nitrogens with zero attached hydrogens (tertiary/aromatic N) is 1. The van der Waals surface area contributed by atoms with Crippen molar-refractivity contribution in [3.63, 3.8) is 0 Å². The largest absolute Gasteiger partial charge is 0.437 e. The summed E-state index contributed by atoms with van der Waals surface area (Å²) in [5.74, 6) is 0.951. The Bertz CT molecular complexity index is 219. The van der Waals surface area contributed by atoms with Gasteiger partial charge in [0.05, 0.1) is 5.69 Å². The highest BCUT2D eigenvalue weighted by atomic mass is 32.2. The highest BCUT2D eigenvalue weighted by Crippen LogP contribution is 2.17. The summed E-state index contributed by atoms with van der Waals surface area (Å²) in [6.45, 7) is 4.03. The molecule has 0 saturated carbocycles. The molecule has 0 bridgehead atoms. The average Bonchev–Trinajstić information content (AvgIpc) is 2.30. The minimum Gasteiger partial charge on any atom is -0.437 e. The average molecular weight is 157 g/mol. The van der Waals surface area contributed by atoms with Crippen LogP contribution in [0.1, 0.15) is 18.4 Å². The first-order valence-corrected chi connectivity index (χ1v) is 4.50. The molecule has 0 aliphatic rings. The zero-order valence-electron chi connectivity index (χ0n) is 6.47. The SMILES string of the molecule is CCc1nc(SC)oc1C. The Morgan fingerprint density at radius 2 is 2.30 bits per heavy atom. The maximum Gasteiger partial charge on any atom is 0.255 e. The second kappa shape index (κ2) is 3.10. The maximum atomic E-state index is 5.31. The number of hydrogen-bond acceptors (Lipinski definition) is 3. The second-order valence-electron chi connectivity index (χ2n) is 2.04. The first-order chi connectivity index (χ1) is 4.77. The number of aryl methyl sites for hydroxylation is 2. The summed E-state index contributed by atoms with van der Waals surface area (Å²) >= 11 is 1.54. The lowest BCUT2D eigenvalue weighted by atomic mass is 10.3. The van der Waals surface area contributed by atoms with E-state index in [1.54, 1.807) is 11.8 Å². The summed E-state index contributed by atoms with van der Waals surface area (Å²) in [6, 6.07) is 0. The van der Waals surface area contributed by atoms with Gasteiger partial charge < -0.3 is 4.42 Å². The monoisotopic (exact) mass is 157 g/mol. The molecular formula is C7H11NOS. The molecule has 0 radical (unpaired) electrons. The quantitative estimate of drug-likeness (QED) is 0.616. The number of aromatic nitrogens is 1. The van der Waals surface area contributed by atoms with Gasteiger partial charge in [-0.3, -0.25) is 0 Å². The molecule has 0 atom stereocenters. The zero-order valence-corrected chi connectivity index (χ0v) is 7.29. The van der Waals surface area contributed by atoms with Gasteiger partial charge in [0.1, 0.15) is 5.76 Å². The highest BCUT2D eigenvalue weighted by Gasteiger charge is 2.04. The van der Waals surface area contributed by atoms with Crippen LogP contribution in [0.25, 0.3) is 0 Å². The summed E-state index contributed by atoms with van der Waals surface area (Å²) in [4.78, 5) is 4.24. The first kappa shape index (κ1) is 7.66. The molecule has 10 heavy (non-hydrogen) atoms. The molecule has 0 fully saturated rings. The van der Waals surface area contributed by atoms with Crippen LogP contribution in [0.2, 0.25) is 0 Å². The molecule has 1 aromatic rings. The first-order valence-electron chi connectivity index (χ1n) is 3.28. The normalized spacial score (nSPS) is 10.3. The molecule has 1 rings (SSSR count). The summed E-state index contributed by atoms with van der Waals surface area (Å²) in [5, 5.41) is 0.773. The molecule has 1 heterocycles. The lowest BCUT2D eigenvalue weighted by Crippen LogP contribution is -1.81. The van der Waals surface area contributed by atoms with Crippen molar-refractivity contribution in [1.82, 2.24) is 4.98 Å². The van der Waals surface area contributed by atoms with Crippen molar-refractivity contribution >= 4 is 11.8 Å². The van der Waals surface area contributed by atoms with Crippen LogP contribution in [0.4, 0.5) is 0 Å². The van der Waals surface area contributed by atoms with Gasteiger partial charge in [-0.05, 0) is 19.6 Å². The van der Waals surface area contributed by atoms with Crippen molar-refractivity contribution in [2.24, 2.45) is 0 Å². The third kappa shape index (κ3) is 1.34. The molecule has 0 spiro atoms. The summed E-state index contributed by atoms with van der Waals surface area (Å²) in [7, 11) is 0. The Morgan fingerprint density at radius 1 is 1.60 bits per heavy atom. The van der Waals surface area contributed by atoms with Crippen LogP contribution in [-0.4, -0.2) is 11.2 Å². The summed E-state index contributed by atoms with van der Waals surface area (Å²) in [5.41, 5.74) is 1.07. The maximum absolute atomic E-state index is 5.31. The zero-order chi connectivity index (χ0) is 7.56. The smallest absolute Gasteiger partial charge is 0.255 e. The van der Waals surface area contributed by atoms with Crippen LogP contribution >= 0.6 is 11.8 Å². The van der Waals surface area contributed by atoms with Gasteiger partial charge in [-0.2, -0.15) is 0 Å². The van der Waals surface area contributed by atoms with Crippen molar-refractivity contribution in [3.05, 3.63) is 11.5 Å². The van der Waals surface area contributed by atoms with E-state index in [9.17, 15) is 0 Å². The van der Waals surface area contributed by atoms with E-state index in [4.69, 9.17) is 4.42 Å². The second-order valence-corrected chi connectivity index (χ2v) is 2.80. The van der Waals surface area contributed by atoms with E-state index in [0.29, 0.717) is 0 Å². The molecule has 0 aliphatic heterocycles. The van der Waals surface area contributed by atoms with Crippen LogP contribution in [0.5, 0.6) is 0 Å². The topological polar surface area (TPSA) is 26.0 Å². The van der Waals surface area contributed by atoms with Gasteiger partial charge in [-0.15, -0.1) is 0 Å². The molecule has 0 aromatic carbocycles. The van der Waals surface area contributed by atoms with E-state index < -0.39 is 0 Å². The molecule has 0 amide bonds. The van der Waals surface area contributed by atoms with Crippen LogP contribution < -0.4 is 0 Å². The van der Waals surface area contributed by atoms with Gasteiger partial charge in [0.25, 0.3) is 5.22 Å². The molecule has 1 aromatic heterocycles. The molecule has 2 nitrogen and oxygen atoms in total. The summed E-state index contributed by atoms with van der Waals surface area (Å²) in [6.07, 6.45) is 2.92. The van der Waals surface area contributed by atoms with Crippen molar-refractivity contribution in [2.75, 3.05) is 6.26 Å². The van der Waals surface area contributed by atoms with Crippen LogP contribution in [-0.2, 0) is 6.42 Å². The lowest BCUT2D eigenvalue weighted by Gasteiger charge is -1.83. The number of rotatable bonds is 2. The third-order valence-electron chi connectivity index (χ3n) is 1.38. The highest BCUT2D eigenvalue weighted by molar-refractivity contribution is 7.98. The fourth-order valence-corrected chi connectivity index (χ4v) is 1.23.